The van der Waals surface area contributed by atoms with Crippen molar-refractivity contribution in [2.24, 2.45) is 7.05 Å². The molecular formula is C13H13BrN2O2. The fraction of sp³-hybridized carbons (Fsp3) is 0.231. The fourth-order valence-electron chi connectivity index (χ4n) is 1.67. The van der Waals surface area contributed by atoms with E-state index in [1.165, 1.54) is 0 Å². The summed E-state index contributed by atoms with van der Waals surface area (Å²) >= 11 is 3.48. The van der Waals surface area contributed by atoms with Crippen LogP contribution >= 0.6 is 15.9 Å². The second kappa shape index (κ2) is 5.35. The van der Waals surface area contributed by atoms with Gasteiger partial charge in [-0.05, 0) is 35.0 Å². The zero-order valence-electron chi connectivity index (χ0n) is 10.2. The molecule has 0 N–H and O–H groups in total. The Balaban J connectivity index is 2.13. The zero-order valence-corrected chi connectivity index (χ0v) is 11.8. The van der Waals surface area contributed by atoms with E-state index >= 15 is 0 Å². The van der Waals surface area contributed by atoms with E-state index in [0.717, 1.165) is 22.1 Å². The second-order valence-electron chi connectivity index (χ2n) is 3.95. The van der Waals surface area contributed by atoms with Crippen LogP contribution in [-0.4, -0.2) is 16.1 Å². The molecular weight excluding hydrogens is 296 g/mol. The van der Waals surface area contributed by atoms with Gasteiger partial charge in [0.1, 0.15) is 18.6 Å². The number of hydrogen-bond acceptors (Lipinski definition) is 3. The van der Waals surface area contributed by atoms with Crippen molar-refractivity contribution in [3.8, 4) is 5.75 Å². The Kier molecular flexibility index (Phi) is 3.81. The Morgan fingerprint density at radius 3 is 2.89 bits per heavy atom. The Morgan fingerprint density at radius 2 is 2.28 bits per heavy atom. The van der Waals surface area contributed by atoms with Crippen LogP contribution in [0.5, 0.6) is 5.75 Å². The molecule has 0 atom stereocenters. The van der Waals surface area contributed by atoms with Crippen LogP contribution in [0.3, 0.4) is 0 Å². The highest BCUT2D eigenvalue weighted by atomic mass is 79.9. The van der Waals surface area contributed by atoms with Gasteiger partial charge in [0, 0.05) is 12.6 Å². The minimum atomic E-state index is 0.403. The standard InChI is InChI=1S/C13H13BrN2O2/c1-9-13(14)12(16(2)15-9)8-18-11-5-3-4-10(6-11)7-17/h3-7H,8H2,1-2H3. The molecule has 0 amide bonds. The largest absolute Gasteiger partial charge is 0.487 e. The lowest BCUT2D eigenvalue weighted by atomic mass is 10.2. The van der Waals surface area contributed by atoms with E-state index in [4.69, 9.17) is 4.74 Å². The molecule has 0 saturated heterocycles. The number of benzene rings is 1. The number of ether oxygens (including phenoxy) is 1. The van der Waals surface area contributed by atoms with Crippen molar-refractivity contribution in [2.45, 2.75) is 13.5 Å². The molecule has 0 unspecified atom stereocenters. The minimum Gasteiger partial charge on any atom is -0.487 e. The number of rotatable bonds is 4. The molecule has 0 aliphatic rings. The topological polar surface area (TPSA) is 44.1 Å². The van der Waals surface area contributed by atoms with Crippen LogP contribution in [0.1, 0.15) is 21.7 Å². The summed E-state index contributed by atoms with van der Waals surface area (Å²) in [4.78, 5) is 10.7. The summed E-state index contributed by atoms with van der Waals surface area (Å²) < 4.78 is 8.40. The maximum absolute atomic E-state index is 10.7. The first-order valence-electron chi connectivity index (χ1n) is 5.48. The van der Waals surface area contributed by atoms with Crippen LogP contribution in [0.25, 0.3) is 0 Å². The van der Waals surface area contributed by atoms with Gasteiger partial charge in [0.2, 0.25) is 0 Å². The highest BCUT2D eigenvalue weighted by Crippen LogP contribution is 2.22. The third-order valence-electron chi connectivity index (χ3n) is 2.63. The van der Waals surface area contributed by atoms with Crippen molar-refractivity contribution < 1.29 is 9.53 Å². The summed E-state index contributed by atoms with van der Waals surface area (Å²) in [7, 11) is 1.87. The lowest BCUT2D eigenvalue weighted by Crippen LogP contribution is -2.03. The number of halogens is 1. The summed E-state index contributed by atoms with van der Waals surface area (Å²) in [5.74, 6) is 0.672. The molecule has 94 valence electrons. The summed E-state index contributed by atoms with van der Waals surface area (Å²) in [5, 5.41) is 4.29. The van der Waals surface area contributed by atoms with Gasteiger partial charge in [0.15, 0.2) is 0 Å². The molecule has 0 fully saturated rings. The van der Waals surface area contributed by atoms with Gasteiger partial charge in [0.05, 0.1) is 15.9 Å². The molecule has 0 aliphatic carbocycles. The first-order chi connectivity index (χ1) is 8.61. The quantitative estimate of drug-likeness (QED) is 0.816. The second-order valence-corrected chi connectivity index (χ2v) is 4.74. The molecule has 2 aromatic rings. The van der Waals surface area contributed by atoms with Crippen molar-refractivity contribution in [1.82, 2.24) is 9.78 Å². The predicted octanol–water partition coefficient (Wildman–Crippen LogP) is 2.88. The van der Waals surface area contributed by atoms with Gasteiger partial charge in [-0.15, -0.1) is 0 Å². The Morgan fingerprint density at radius 1 is 1.50 bits per heavy atom. The number of aromatic nitrogens is 2. The molecule has 1 heterocycles. The molecule has 4 nitrogen and oxygen atoms in total. The SMILES string of the molecule is Cc1nn(C)c(COc2cccc(C=O)c2)c1Br. The molecule has 18 heavy (non-hydrogen) atoms. The van der Waals surface area contributed by atoms with Gasteiger partial charge in [-0.1, -0.05) is 12.1 Å². The monoisotopic (exact) mass is 308 g/mol. The van der Waals surface area contributed by atoms with Crippen molar-refractivity contribution in [1.29, 1.82) is 0 Å². The zero-order chi connectivity index (χ0) is 13.1. The number of nitrogens with zero attached hydrogens (tertiary/aromatic N) is 2. The normalized spacial score (nSPS) is 10.4. The maximum atomic E-state index is 10.7. The Bertz CT molecular complexity index is 578. The van der Waals surface area contributed by atoms with Crippen LogP contribution in [0, 0.1) is 6.92 Å². The molecule has 1 aromatic heterocycles. The van der Waals surface area contributed by atoms with Crippen molar-refractivity contribution >= 4 is 22.2 Å². The molecule has 0 aliphatic heterocycles. The number of carbonyl (C=O) groups is 1. The van der Waals surface area contributed by atoms with Crippen molar-refractivity contribution in [3.05, 3.63) is 45.7 Å². The van der Waals surface area contributed by atoms with E-state index in [0.29, 0.717) is 17.9 Å². The molecule has 0 spiro atoms. The van der Waals surface area contributed by atoms with E-state index in [1.807, 2.05) is 20.0 Å². The number of hydrogen-bond donors (Lipinski definition) is 0. The number of aryl methyl sites for hydroxylation is 2. The smallest absolute Gasteiger partial charge is 0.150 e. The van der Waals surface area contributed by atoms with E-state index in [-0.39, 0.29) is 0 Å². The summed E-state index contributed by atoms with van der Waals surface area (Å²) in [6.45, 7) is 2.33. The van der Waals surface area contributed by atoms with Crippen LogP contribution < -0.4 is 4.74 Å². The van der Waals surface area contributed by atoms with Crippen LogP contribution in [0.4, 0.5) is 0 Å². The third kappa shape index (κ3) is 2.61. The first kappa shape index (κ1) is 12.8. The molecule has 2 rings (SSSR count). The highest BCUT2D eigenvalue weighted by molar-refractivity contribution is 9.10. The molecule has 5 heteroatoms. The van der Waals surface area contributed by atoms with Gasteiger partial charge in [-0.2, -0.15) is 5.10 Å². The van der Waals surface area contributed by atoms with Gasteiger partial charge in [-0.3, -0.25) is 9.48 Å². The number of aldehydes is 1. The van der Waals surface area contributed by atoms with Crippen molar-refractivity contribution in [3.63, 3.8) is 0 Å². The third-order valence-corrected chi connectivity index (χ3v) is 3.66. The van der Waals surface area contributed by atoms with Crippen LogP contribution in [-0.2, 0) is 13.7 Å². The molecule has 0 radical (unpaired) electrons. The average Bonchev–Trinajstić information content (AvgIpc) is 2.61. The van der Waals surface area contributed by atoms with Gasteiger partial charge in [-0.25, -0.2) is 0 Å². The Hall–Kier alpha value is -1.62. The first-order valence-corrected chi connectivity index (χ1v) is 6.27. The highest BCUT2D eigenvalue weighted by Gasteiger charge is 2.11. The van der Waals surface area contributed by atoms with E-state index in [1.54, 1.807) is 22.9 Å². The van der Waals surface area contributed by atoms with Gasteiger partial charge < -0.3 is 4.74 Å². The maximum Gasteiger partial charge on any atom is 0.150 e. The van der Waals surface area contributed by atoms with E-state index in [9.17, 15) is 4.79 Å². The average molecular weight is 309 g/mol. The number of carbonyl (C=O) groups excluding carboxylic acids is 1. The van der Waals surface area contributed by atoms with Gasteiger partial charge in [0.25, 0.3) is 0 Å². The lowest BCUT2D eigenvalue weighted by Gasteiger charge is -2.07. The lowest BCUT2D eigenvalue weighted by molar-refractivity contribution is 0.112. The van der Waals surface area contributed by atoms with Gasteiger partial charge >= 0.3 is 0 Å². The summed E-state index contributed by atoms with van der Waals surface area (Å²) in [6, 6.07) is 7.07. The minimum absolute atomic E-state index is 0.403. The van der Waals surface area contributed by atoms with Crippen LogP contribution in [0.15, 0.2) is 28.7 Å². The predicted molar refractivity (Wildman–Crippen MR) is 71.8 cm³/mol. The van der Waals surface area contributed by atoms with Crippen molar-refractivity contribution in [2.75, 3.05) is 0 Å². The molecule has 1 aromatic carbocycles. The summed E-state index contributed by atoms with van der Waals surface area (Å²) in [6.07, 6.45) is 0.803. The van der Waals surface area contributed by atoms with E-state index in [2.05, 4.69) is 21.0 Å². The van der Waals surface area contributed by atoms with E-state index < -0.39 is 0 Å². The van der Waals surface area contributed by atoms with Crippen LogP contribution in [0.2, 0.25) is 0 Å². The fourth-order valence-corrected chi connectivity index (χ4v) is 2.12. The molecule has 0 bridgehead atoms. The summed E-state index contributed by atoms with van der Waals surface area (Å²) in [5.41, 5.74) is 2.49. The molecule has 0 saturated carbocycles. The Labute approximate surface area is 114 Å².